The zero-order chi connectivity index (χ0) is 15.4. The molecule has 2 aromatic rings. The monoisotopic (exact) mass is 322 g/mol. The first-order valence-corrected chi connectivity index (χ1v) is 6.52. The summed E-state index contributed by atoms with van der Waals surface area (Å²) >= 11 is 11.6. The maximum Gasteiger partial charge on any atom is 0.277 e. The highest BCUT2D eigenvalue weighted by Crippen LogP contribution is 2.26. The highest BCUT2D eigenvalue weighted by Gasteiger charge is 2.15. The number of nitro benzene ring substituents is 1. The summed E-state index contributed by atoms with van der Waals surface area (Å²) in [6.07, 6.45) is 0. The summed E-state index contributed by atoms with van der Waals surface area (Å²) in [6.45, 7) is -0.00425. The Hall–Kier alpha value is -2.29. The van der Waals surface area contributed by atoms with E-state index in [1.807, 2.05) is 6.07 Å². The van der Waals surface area contributed by atoms with Crippen molar-refractivity contribution in [1.29, 1.82) is 5.26 Å². The molecule has 0 bridgehead atoms. The largest absolute Gasteiger partial charge is 0.489 e. The van der Waals surface area contributed by atoms with E-state index in [1.165, 1.54) is 24.3 Å². The molecule has 5 nitrogen and oxygen atoms in total. The summed E-state index contributed by atoms with van der Waals surface area (Å²) < 4.78 is 5.46. The molecule has 0 atom stereocenters. The van der Waals surface area contributed by atoms with E-state index in [2.05, 4.69) is 0 Å². The number of halogens is 2. The smallest absolute Gasteiger partial charge is 0.277 e. The number of hydrogen-bond acceptors (Lipinski definition) is 4. The Morgan fingerprint density at radius 3 is 2.62 bits per heavy atom. The molecule has 0 saturated heterocycles. The zero-order valence-electron chi connectivity index (χ0n) is 10.5. The van der Waals surface area contributed by atoms with Gasteiger partial charge in [0, 0.05) is 17.2 Å². The Labute approximate surface area is 130 Å². The number of ether oxygens (including phenoxy) is 1. The fourth-order valence-corrected chi connectivity index (χ4v) is 2.05. The lowest BCUT2D eigenvalue weighted by atomic mass is 10.2. The summed E-state index contributed by atoms with van der Waals surface area (Å²) in [7, 11) is 0. The molecular formula is C14H8Cl2N2O3. The second-order valence-corrected chi connectivity index (χ2v) is 4.92. The second kappa shape index (κ2) is 6.44. The van der Waals surface area contributed by atoms with Crippen molar-refractivity contribution in [2.75, 3.05) is 0 Å². The Morgan fingerprint density at radius 2 is 2.00 bits per heavy atom. The maximum atomic E-state index is 11.0. The first kappa shape index (κ1) is 15.1. The maximum absolute atomic E-state index is 11.0. The van der Waals surface area contributed by atoms with E-state index in [-0.39, 0.29) is 22.3 Å². The minimum atomic E-state index is -0.518. The Balaban J connectivity index is 2.19. The molecule has 0 aromatic heterocycles. The van der Waals surface area contributed by atoms with Crippen LogP contribution < -0.4 is 4.74 Å². The van der Waals surface area contributed by atoms with Gasteiger partial charge in [-0.3, -0.25) is 10.1 Å². The van der Waals surface area contributed by atoms with E-state index in [0.717, 1.165) is 0 Å². The molecular weight excluding hydrogens is 315 g/mol. The highest BCUT2D eigenvalue weighted by atomic mass is 35.5. The van der Waals surface area contributed by atoms with Gasteiger partial charge in [-0.1, -0.05) is 23.2 Å². The van der Waals surface area contributed by atoms with E-state index >= 15 is 0 Å². The van der Waals surface area contributed by atoms with Gasteiger partial charge in [0.1, 0.15) is 18.4 Å². The van der Waals surface area contributed by atoms with Gasteiger partial charge in [-0.25, -0.2) is 0 Å². The third-order valence-corrected chi connectivity index (χ3v) is 3.25. The molecule has 0 aliphatic carbocycles. The number of nitro groups is 1. The molecule has 0 aliphatic rings. The number of hydrogen-bond donors (Lipinski definition) is 0. The number of nitrogens with zero attached hydrogens (tertiary/aromatic N) is 2. The second-order valence-electron chi connectivity index (χ2n) is 4.07. The van der Waals surface area contributed by atoms with Crippen LogP contribution in [0.25, 0.3) is 0 Å². The van der Waals surface area contributed by atoms with Crippen LogP contribution in [0.1, 0.15) is 11.1 Å². The van der Waals surface area contributed by atoms with Crippen molar-refractivity contribution in [2.45, 2.75) is 6.61 Å². The van der Waals surface area contributed by atoms with Gasteiger partial charge in [0.25, 0.3) is 5.69 Å². The van der Waals surface area contributed by atoms with Crippen LogP contribution in [0.3, 0.4) is 0 Å². The van der Waals surface area contributed by atoms with Gasteiger partial charge in [-0.2, -0.15) is 5.26 Å². The quantitative estimate of drug-likeness (QED) is 0.619. The van der Waals surface area contributed by atoms with E-state index in [9.17, 15) is 10.1 Å². The molecule has 0 aliphatic heterocycles. The van der Waals surface area contributed by atoms with E-state index in [4.69, 9.17) is 33.2 Å². The van der Waals surface area contributed by atoms with Crippen molar-refractivity contribution in [3.05, 3.63) is 67.7 Å². The molecule has 2 aromatic carbocycles. The molecule has 0 spiro atoms. The minimum Gasteiger partial charge on any atom is -0.489 e. The van der Waals surface area contributed by atoms with Gasteiger partial charge in [0.2, 0.25) is 0 Å². The van der Waals surface area contributed by atoms with Crippen molar-refractivity contribution in [2.24, 2.45) is 0 Å². The molecule has 0 unspecified atom stereocenters. The van der Waals surface area contributed by atoms with Gasteiger partial charge in [-0.15, -0.1) is 0 Å². The molecule has 106 valence electrons. The van der Waals surface area contributed by atoms with Gasteiger partial charge < -0.3 is 4.74 Å². The summed E-state index contributed by atoms with van der Waals surface area (Å²) in [4.78, 5) is 10.4. The molecule has 0 N–H and O–H groups in total. The number of rotatable bonds is 4. The topological polar surface area (TPSA) is 76.2 Å². The lowest BCUT2D eigenvalue weighted by Gasteiger charge is -2.08. The van der Waals surface area contributed by atoms with Gasteiger partial charge >= 0.3 is 0 Å². The highest BCUT2D eigenvalue weighted by molar-refractivity contribution is 6.31. The fraction of sp³-hybridized carbons (Fsp3) is 0.0714. The minimum absolute atomic E-state index is 0.00425. The lowest BCUT2D eigenvalue weighted by molar-refractivity contribution is -0.385. The fourth-order valence-electron chi connectivity index (χ4n) is 1.67. The first-order chi connectivity index (χ1) is 10.0. The number of nitriles is 1. The summed E-state index contributed by atoms with van der Waals surface area (Å²) in [5.74, 6) is 0.420. The van der Waals surface area contributed by atoms with Crippen LogP contribution in [0.2, 0.25) is 10.0 Å². The molecule has 21 heavy (non-hydrogen) atoms. The lowest BCUT2D eigenvalue weighted by Crippen LogP contribution is -2.00. The van der Waals surface area contributed by atoms with Crippen LogP contribution >= 0.6 is 23.2 Å². The predicted octanol–water partition coefficient (Wildman–Crippen LogP) is 4.35. The van der Waals surface area contributed by atoms with Gasteiger partial charge in [0.15, 0.2) is 0 Å². The molecule has 2 rings (SSSR count). The van der Waals surface area contributed by atoms with Crippen LogP contribution in [0, 0.1) is 21.4 Å². The van der Waals surface area contributed by atoms with Crippen molar-refractivity contribution in [3.63, 3.8) is 0 Å². The van der Waals surface area contributed by atoms with Gasteiger partial charge in [-0.05, 0) is 24.3 Å². The molecule has 0 radical (unpaired) electrons. The van der Waals surface area contributed by atoms with E-state index in [0.29, 0.717) is 16.9 Å². The average Bonchev–Trinajstić information content (AvgIpc) is 2.46. The van der Waals surface area contributed by atoms with Crippen LogP contribution in [-0.4, -0.2) is 4.92 Å². The number of benzene rings is 2. The summed E-state index contributed by atoms with van der Waals surface area (Å²) in [5.41, 5.74) is 0.619. The third-order valence-electron chi connectivity index (χ3n) is 2.70. The average molecular weight is 323 g/mol. The van der Waals surface area contributed by atoms with Crippen LogP contribution in [0.5, 0.6) is 5.75 Å². The molecule has 0 heterocycles. The SMILES string of the molecule is N#Cc1ccc(OCc2ccc(Cl)cc2[N+](=O)[O-])cc1Cl. The molecule has 7 heteroatoms. The summed E-state index contributed by atoms with van der Waals surface area (Å²) in [5, 5.41) is 20.3. The molecule has 0 fully saturated rings. The van der Waals surface area contributed by atoms with E-state index in [1.54, 1.807) is 12.1 Å². The van der Waals surface area contributed by atoms with Crippen LogP contribution in [0.4, 0.5) is 5.69 Å². The van der Waals surface area contributed by atoms with E-state index < -0.39 is 4.92 Å². The molecule has 0 amide bonds. The van der Waals surface area contributed by atoms with Crippen molar-refractivity contribution in [3.8, 4) is 11.8 Å². The Bertz CT molecular complexity index is 741. The normalized spacial score (nSPS) is 9.95. The van der Waals surface area contributed by atoms with Crippen LogP contribution in [0.15, 0.2) is 36.4 Å². The zero-order valence-corrected chi connectivity index (χ0v) is 12.1. The van der Waals surface area contributed by atoms with Gasteiger partial charge in [0.05, 0.1) is 21.1 Å². The first-order valence-electron chi connectivity index (χ1n) is 5.76. The third kappa shape index (κ3) is 3.63. The Kier molecular flexibility index (Phi) is 4.63. The standard InChI is InChI=1S/C14H8Cl2N2O3/c15-11-3-1-10(14(5-11)18(19)20)8-21-12-4-2-9(7-17)13(16)6-12/h1-6H,8H2. The Morgan fingerprint density at radius 1 is 1.24 bits per heavy atom. The van der Waals surface area contributed by atoms with Crippen molar-refractivity contribution < 1.29 is 9.66 Å². The molecule has 0 saturated carbocycles. The van der Waals surface area contributed by atoms with Crippen molar-refractivity contribution in [1.82, 2.24) is 0 Å². The van der Waals surface area contributed by atoms with Crippen molar-refractivity contribution >= 4 is 28.9 Å². The summed E-state index contributed by atoms with van der Waals surface area (Å²) in [6, 6.07) is 10.9. The predicted molar refractivity (Wildman–Crippen MR) is 78.6 cm³/mol. The van der Waals surface area contributed by atoms with Crippen LogP contribution in [-0.2, 0) is 6.61 Å².